The summed E-state index contributed by atoms with van der Waals surface area (Å²) >= 11 is 0. The van der Waals surface area contributed by atoms with E-state index in [1.54, 1.807) is 0 Å². The Balaban J connectivity index is 3.60. The van der Waals surface area contributed by atoms with Gasteiger partial charge >= 0.3 is 15.1 Å². The van der Waals surface area contributed by atoms with Gasteiger partial charge in [-0.1, -0.05) is 0 Å². The Bertz CT molecular complexity index is 118. The first-order valence-electron chi connectivity index (χ1n) is 1.90. The van der Waals surface area contributed by atoms with Crippen LogP contribution in [-0.4, -0.2) is 29.2 Å². The minimum Gasteiger partial charge on any atom is -0.401 e. The monoisotopic (exact) mass is 156 g/mol. The van der Waals surface area contributed by atoms with E-state index in [0.717, 1.165) is 7.11 Å². The minimum absolute atomic E-state index is 1.04. The fourth-order valence-corrected chi connectivity index (χ4v) is 0.482. The third kappa shape index (κ3) is 5.97. The van der Waals surface area contributed by atoms with E-state index in [9.17, 15) is 4.57 Å². The molecule has 6 nitrogen and oxygen atoms in total. The highest BCUT2D eigenvalue weighted by molar-refractivity contribution is 7.47. The summed E-state index contributed by atoms with van der Waals surface area (Å²) in [5, 5.41) is 8.26. The Morgan fingerprint density at radius 2 is 2.00 bits per heavy atom. The molecular formula is CH6BO6P. The summed E-state index contributed by atoms with van der Waals surface area (Å²) < 4.78 is 17.4. The van der Waals surface area contributed by atoms with E-state index in [4.69, 9.17) is 14.8 Å². The summed E-state index contributed by atoms with van der Waals surface area (Å²) in [5.41, 5.74) is 0. The van der Waals surface area contributed by atoms with E-state index in [0.29, 0.717) is 0 Å². The molecule has 0 aromatic carbocycles. The standard InChI is InChI=1S/CH6BO6P/c1-7-2(3)8-9(4,5)6/h3H,1H3,(H2,4,5,6). The number of phosphoric acid groups is 1. The molecular weight excluding hydrogens is 150 g/mol. The zero-order valence-electron chi connectivity index (χ0n) is 4.59. The highest BCUT2D eigenvalue weighted by Crippen LogP contribution is 2.35. The molecule has 8 heteroatoms. The van der Waals surface area contributed by atoms with Crippen molar-refractivity contribution in [3.63, 3.8) is 0 Å². The van der Waals surface area contributed by atoms with Gasteiger partial charge < -0.3 is 19.5 Å². The minimum atomic E-state index is -4.61. The smallest absolute Gasteiger partial charge is 0.401 e. The van der Waals surface area contributed by atoms with E-state index in [1.807, 2.05) is 0 Å². The maximum Gasteiger partial charge on any atom is 0.645 e. The topological polar surface area (TPSA) is 96.2 Å². The molecule has 0 spiro atoms. The van der Waals surface area contributed by atoms with Crippen molar-refractivity contribution in [3.8, 4) is 0 Å². The van der Waals surface area contributed by atoms with Crippen molar-refractivity contribution in [1.82, 2.24) is 0 Å². The molecule has 0 fully saturated rings. The van der Waals surface area contributed by atoms with Gasteiger partial charge in [-0.25, -0.2) is 4.57 Å². The van der Waals surface area contributed by atoms with Gasteiger partial charge in [0.1, 0.15) is 0 Å². The lowest BCUT2D eigenvalue weighted by Crippen LogP contribution is -2.18. The first-order valence-corrected chi connectivity index (χ1v) is 3.43. The van der Waals surface area contributed by atoms with Gasteiger partial charge in [-0.2, -0.15) is 0 Å². The molecule has 0 amide bonds. The van der Waals surface area contributed by atoms with Crippen molar-refractivity contribution in [2.45, 2.75) is 0 Å². The molecule has 0 atom stereocenters. The van der Waals surface area contributed by atoms with Crippen molar-refractivity contribution < 1.29 is 28.5 Å². The maximum absolute atomic E-state index is 9.83. The average molecular weight is 156 g/mol. The molecule has 0 aliphatic heterocycles. The van der Waals surface area contributed by atoms with Crippen LogP contribution in [0.5, 0.6) is 0 Å². The van der Waals surface area contributed by atoms with Crippen LogP contribution >= 0.6 is 7.82 Å². The summed E-state index contributed by atoms with van der Waals surface area (Å²) in [4.78, 5) is 15.9. The number of hydrogen-bond donors (Lipinski definition) is 3. The predicted octanol–water partition coefficient (Wildman–Crippen LogP) is -1.28. The van der Waals surface area contributed by atoms with E-state index in [-0.39, 0.29) is 0 Å². The lowest BCUT2D eigenvalue weighted by molar-refractivity contribution is 0.195. The van der Waals surface area contributed by atoms with Crippen LogP contribution in [0.25, 0.3) is 0 Å². The van der Waals surface area contributed by atoms with Crippen molar-refractivity contribution in [1.29, 1.82) is 0 Å². The average Bonchev–Trinajstić information content (AvgIpc) is 1.62. The molecule has 0 aliphatic carbocycles. The molecule has 0 aliphatic rings. The molecule has 9 heavy (non-hydrogen) atoms. The van der Waals surface area contributed by atoms with Crippen LogP contribution < -0.4 is 0 Å². The SMILES string of the molecule is COB(O)OP(=O)(O)O. The third-order valence-electron chi connectivity index (χ3n) is 0.429. The second kappa shape index (κ2) is 3.31. The molecule has 0 aromatic heterocycles. The Morgan fingerprint density at radius 3 is 2.11 bits per heavy atom. The fraction of sp³-hybridized carbons (Fsp3) is 1.00. The van der Waals surface area contributed by atoms with E-state index >= 15 is 0 Å². The van der Waals surface area contributed by atoms with Crippen LogP contribution in [0.15, 0.2) is 0 Å². The van der Waals surface area contributed by atoms with Gasteiger partial charge in [-0.15, -0.1) is 0 Å². The summed E-state index contributed by atoms with van der Waals surface area (Å²) in [6.07, 6.45) is 0. The molecule has 0 bridgehead atoms. The molecule has 0 aromatic rings. The highest BCUT2D eigenvalue weighted by atomic mass is 31.2. The lowest BCUT2D eigenvalue weighted by Gasteiger charge is -2.04. The normalized spacial score (nSPS) is 11.6. The summed E-state index contributed by atoms with van der Waals surface area (Å²) in [5.74, 6) is 0. The van der Waals surface area contributed by atoms with Gasteiger partial charge in [0.25, 0.3) is 0 Å². The molecule has 3 N–H and O–H groups in total. The summed E-state index contributed by atoms with van der Waals surface area (Å²) in [6.45, 7) is 0. The van der Waals surface area contributed by atoms with Gasteiger partial charge in [0.15, 0.2) is 0 Å². The van der Waals surface area contributed by atoms with Crippen molar-refractivity contribution in [2.24, 2.45) is 0 Å². The van der Waals surface area contributed by atoms with Crippen molar-refractivity contribution in [3.05, 3.63) is 0 Å². The molecule has 0 rings (SSSR count). The zero-order valence-corrected chi connectivity index (χ0v) is 5.49. The zero-order chi connectivity index (χ0) is 7.49. The summed E-state index contributed by atoms with van der Waals surface area (Å²) in [6, 6.07) is 0. The summed E-state index contributed by atoms with van der Waals surface area (Å²) in [7, 11) is -5.44. The molecule has 0 heterocycles. The quantitative estimate of drug-likeness (QED) is 0.347. The van der Waals surface area contributed by atoms with Crippen molar-refractivity contribution >= 4 is 15.1 Å². The van der Waals surface area contributed by atoms with Crippen LogP contribution in [0.1, 0.15) is 0 Å². The lowest BCUT2D eigenvalue weighted by atomic mass is 10.3. The van der Waals surface area contributed by atoms with Crippen LogP contribution in [0.3, 0.4) is 0 Å². The fourth-order valence-electron chi connectivity index (χ4n) is 0.161. The number of hydrogen-bond acceptors (Lipinski definition) is 4. The Kier molecular flexibility index (Phi) is 3.35. The third-order valence-corrected chi connectivity index (χ3v) is 0.884. The molecule has 54 valence electrons. The number of rotatable bonds is 3. The van der Waals surface area contributed by atoms with E-state index in [2.05, 4.69) is 9.10 Å². The molecule has 0 unspecified atom stereocenters. The van der Waals surface area contributed by atoms with E-state index < -0.39 is 15.1 Å². The Labute approximate surface area is 51.8 Å². The first-order chi connectivity index (χ1) is 3.95. The van der Waals surface area contributed by atoms with Crippen molar-refractivity contribution in [2.75, 3.05) is 7.11 Å². The molecule has 0 radical (unpaired) electrons. The molecule has 0 saturated heterocycles. The van der Waals surface area contributed by atoms with Gasteiger partial charge in [0, 0.05) is 7.11 Å². The van der Waals surface area contributed by atoms with Crippen LogP contribution in [0.2, 0.25) is 0 Å². The van der Waals surface area contributed by atoms with Gasteiger partial charge in [-0.3, -0.25) is 4.44 Å². The maximum atomic E-state index is 9.83. The second-order valence-corrected chi connectivity index (χ2v) is 2.33. The highest BCUT2D eigenvalue weighted by Gasteiger charge is 2.25. The first kappa shape index (κ1) is 9.09. The van der Waals surface area contributed by atoms with Crippen LogP contribution in [0, 0.1) is 0 Å². The Hall–Kier alpha value is 0.0949. The largest absolute Gasteiger partial charge is 0.645 e. The van der Waals surface area contributed by atoms with Crippen LogP contribution in [-0.2, 0) is 13.7 Å². The predicted molar refractivity (Wildman–Crippen MR) is 28.1 cm³/mol. The van der Waals surface area contributed by atoms with Gasteiger partial charge in [0.2, 0.25) is 0 Å². The van der Waals surface area contributed by atoms with Gasteiger partial charge in [0.05, 0.1) is 0 Å². The van der Waals surface area contributed by atoms with E-state index in [1.165, 1.54) is 0 Å². The Morgan fingerprint density at radius 1 is 1.56 bits per heavy atom. The van der Waals surface area contributed by atoms with Crippen LogP contribution in [0.4, 0.5) is 0 Å². The second-order valence-electron chi connectivity index (χ2n) is 1.14. The van der Waals surface area contributed by atoms with Gasteiger partial charge in [-0.05, 0) is 0 Å². The molecule has 0 saturated carbocycles.